The second kappa shape index (κ2) is 12.2. The molecule has 0 aliphatic rings. The lowest BCUT2D eigenvalue weighted by Crippen LogP contribution is -2.37. The summed E-state index contributed by atoms with van der Waals surface area (Å²) in [7, 11) is -2.04. The van der Waals surface area contributed by atoms with Crippen molar-refractivity contribution in [2.75, 3.05) is 19.3 Å². The van der Waals surface area contributed by atoms with Crippen molar-refractivity contribution in [3.8, 4) is 0 Å². The summed E-state index contributed by atoms with van der Waals surface area (Å²) < 4.78 is 35.7. The molecule has 28 heavy (non-hydrogen) atoms. The highest BCUT2D eigenvalue weighted by molar-refractivity contribution is 14.0. The van der Waals surface area contributed by atoms with Crippen molar-refractivity contribution in [3.05, 3.63) is 59.9 Å². The van der Waals surface area contributed by atoms with Gasteiger partial charge in [0.1, 0.15) is 5.82 Å². The molecule has 0 heterocycles. The fourth-order valence-electron chi connectivity index (χ4n) is 2.24. The quantitative estimate of drug-likeness (QED) is 0.158. The van der Waals surface area contributed by atoms with Gasteiger partial charge >= 0.3 is 0 Å². The first-order valence-electron chi connectivity index (χ1n) is 8.33. The number of halogens is 2. The molecule has 0 fully saturated rings. The first-order valence-corrected chi connectivity index (χ1v) is 10.9. The molecule has 2 aromatic carbocycles. The van der Waals surface area contributed by atoms with Crippen LogP contribution in [0, 0.1) is 5.82 Å². The van der Waals surface area contributed by atoms with E-state index >= 15 is 0 Å². The lowest BCUT2D eigenvalue weighted by molar-refractivity contribution is 0.597. The van der Waals surface area contributed by atoms with Gasteiger partial charge in [-0.3, -0.25) is 4.99 Å². The molecular weight excluding hydrogens is 514 g/mol. The average molecular weight is 538 g/mol. The molecule has 0 aliphatic heterocycles. The van der Waals surface area contributed by atoms with Gasteiger partial charge in [-0.2, -0.15) is 0 Å². The Morgan fingerprint density at radius 1 is 1.18 bits per heavy atom. The lowest BCUT2D eigenvalue weighted by Gasteiger charge is -2.12. The third-order valence-electron chi connectivity index (χ3n) is 3.61. The van der Waals surface area contributed by atoms with Crippen molar-refractivity contribution in [2.24, 2.45) is 10.1 Å². The van der Waals surface area contributed by atoms with E-state index in [1.165, 1.54) is 24.3 Å². The lowest BCUT2D eigenvalue weighted by atomic mass is 10.2. The van der Waals surface area contributed by atoms with E-state index in [1.54, 1.807) is 37.0 Å². The Bertz CT molecular complexity index is 877. The molecule has 10 heteroatoms. The van der Waals surface area contributed by atoms with Crippen LogP contribution in [0.25, 0.3) is 0 Å². The predicted molar refractivity (Wildman–Crippen MR) is 123 cm³/mol. The number of benzene rings is 2. The zero-order valence-electron chi connectivity index (χ0n) is 15.4. The minimum atomic E-state index is -3.71. The highest BCUT2D eigenvalue weighted by atomic mass is 127. The number of hydrogen-bond donors (Lipinski definition) is 3. The monoisotopic (exact) mass is 538 g/mol. The standard InChI is InChI=1S/C18H23FN4O2S2.HI/c1-21-18(22-10-3-11-26-16-8-6-15(19)7-9-16)23-13-14-4-2-5-17(12-14)27(20,24)25;/h2,4-9,12H,3,10-11,13H2,1H3,(H2,20,24,25)(H2,21,22,23);1H. The van der Waals surface area contributed by atoms with E-state index in [0.29, 0.717) is 12.5 Å². The molecule has 0 aliphatic carbocycles. The summed E-state index contributed by atoms with van der Waals surface area (Å²) in [4.78, 5) is 5.26. The molecule has 154 valence electrons. The number of nitrogens with one attached hydrogen (secondary N) is 2. The maximum absolute atomic E-state index is 12.9. The van der Waals surface area contributed by atoms with Crippen LogP contribution in [0.3, 0.4) is 0 Å². The van der Waals surface area contributed by atoms with Crippen LogP contribution in [0.1, 0.15) is 12.0 Å². The van der Waals surface area contributed by atoms with Crippen molar-refractivity contribution in [2.45, 2.75) is 22.8 Å². The molecule has 0 unspecified atom stereocenters. The summed E-state index contributed by atoms with van der Waals surface area (Å²) >= 11 is 1.67. The molecule has 0 saturated carbocycles. The second-order valence-corrected chi connectivity index (χ2v) is 8.43. The number of hydrogen-bond acceptors (Lipinski definition) is 4. The molecule has 0 aromatic heterocycles. The number of nitrogens with two attached hydrogens (primary N) is 1. The average Bonchev–Trinajstić information content (AvgIpc) is 2.65. The van der Waals surface area contributed by atoms with Gasteiger partial charge in [-0.15, -0.1) is 35.7 Å². The van der Waals surface area contributed by atoms with E-state index in [0.717, 1.165) is 29.2 Å². The van der Waals surface area contributed by atoms with E-state index in [9.17, 15) is 12.8 Å². The molecule has 0 radical (unpaired) electrons. The normalized spacial score (nSPS) is 11.6. The van der Waals surface area contributed by atoms with Crippen molar-refractivity contribution >= 4 is 51.7 Å². The molecule has 4 N–H and O–H groups in total. The number of guanidine groups is 1. The molecule has 0 spiro atoms. The Labute approximate surface area is 186 Å². The Kier molecular flexibility index (Phi) is 10.8. The highest BCUT2D eigenvalue weighted by Gasteiger charge is 2.08. The van der Waals surface area contributed by atoms with Crippen molar-refractivity contribution in [1.82, 2.24) is 10.6 Å². The summed E-state index contributed by atoms with van der Waals surface area (Å²) in [5.74, 6) is 1.29. The van der Waals surface area contributed by atoms with Gasteiger partial charge < -0.3 is 10.6 Å². The second-order valence-electron chi connectivity index (χ2n) is 5.70. The predicted octanol–water partition coefficient (Wildman–Crippen LogP) is 2.94. The highest BCUT2D eigenvalue weighted by Crippen LogP contribution is 2.18. The van der Waals surface area contributed by atoms with Gasteiger partial charge in [0.2, 0.25) is 10.0 Å². The number of rotatable bonds is 8. The topological polar surface area (TPSA) is 96.6 Å². The fourth-order valence-corrected chi connectivity index (χ4v) is 3.68. The Morgan fingerprint density at radius 3 is 2.54 bits per heavy atom. The smallest absolute Gasteiger partial charge is 0.238 e. The van der Waals surface area contributed by atoms with Gasteiger partial charge in [0.05, 0.1) is 4.90 Å². The van der Waals surface area contributed by atoms with E-state index in [-0.39, 0.29) is 34.7 Å². The van der Waals surface area contributed by atoms with Gasteiger partial charge in [-0.05, 0) is 54.1 Å². The summed E-state index contributed by atoms with van der Waals surface area (Å²) in [6.45, 7) is 1.15. The zero-order valence-corrected chi connectivity index (χ0v) is 19.4. The Hall–Kier alpha value is -1.37. The minimum absolute atomic E-state index is 0. The first kappa shape index (κ1) is 24.7. The van der Waals surface area contributed by atoms with Gasteiger partial charge in [-0.1, -0.05) is 12.1 Å². The van der Waals surface area contributed by atoms with E-state index in [1.807, 2.05) is 6.07 Å². The van der Waals surface area contributed by atoms with Crippen LogP contribution >= 0.6 is 35.7 Å². The number of primary sulfonamides is 1. The van der Waals surface area contributed by atoms with Gasteiger partial charge in [-0.25, -0.2) is 17.9 Å². The van der Waals surface area contributed by atoms with Crippen LogP contribution in [0.15, 0.2) is 63.3 Å². The Morgan fingerprint density at radius 2 is 1.89 bits per heavy atom. The third kappa shape index (κ3) is 8.76. The van der Waals surface area contributed by atoms with Crippen LogP contribution in [0.5, 0.6) is 0 Å². The third-order valence-corrected chi connectivity index (χ3v) is 5.62. The van der Waals surface area contributed by atoms with E-state index < -0.39 is 10.0 Å². The zero-order chi connectivity index (χ0) is 19.7. The largest absolute Gasteiger partial charge is 0.356 e. The maximum atomic E-state index is 12.9. The number of sulfonamides is 1. The van der Waals surface area contributed by atoms with E-state index in [4.69, 9.17) is 5.14 Å². The number of nitrogens with zero attached hydrogens (tertiary/aromatic N) is 1. The van der Waals surface area contributed by atoms with Crippen molar-refractivity contribution in [1.29, 1.82) is 0 Å². The summed E-state index contributed by atoms with van der Waals surface area (Å²) in [6, 6.07) is 12.9. The van der Waals surface area contributed by atoms with Crippen molar-refractivity contribution in [3.63, 3.8) is 0 Å². The molecule has 2 rings (SSSR count). The summed E-state index contributed by atoms with van der Waals surface area (Å²) in [5.41, 5.74) is 0.788. The molecule has 0 amide bonds. The first-order chi connectivity index (χ1) is 12.9. The molecule has 0 atom stereocenters. The van der Waals surface area contributed by atoms with Crippen LogP contribution < -0.4 is 15.8 Å². The van der Waals surface area contributed by atoms with E-state index in [2.05, 4.69) is 15.6 Å². The SMILES string of the molecule is CN=C(NCCCSc1ccc(F)cc1)NCc1cccc(S(N)(=O)=O)c1.I. The van der Waals surface area contributed by atoms with Crippen LogP contribution in [0.2, 0.25) is 0 Å². The van der Waals surface area contributed by atoms with Crippen LogP contribution in [0.4, 0.5) is 4.39 Å². The summed E-state index contributed by atoms with van der Waals surface area (Å²) in [6.07, 6.45) is 0.906. The maximum Gasteiger partial charge on any atom is 0.238 e. The van der Waals surface area contributed by atoms with Gasteiger partial charge in [0.15, 0.2) is 5.96 Å². The summed E-state index contributed by atoms with van der Waals surface area (Å²) in [5, 5.41) is 11.5. The molecule has 6 nitrogen and oxygen atoms in total. The van der Waals surface area contributed by atoms with Crippen LogP contribution in [-0.4, -0.2) is 33.7 Å². The molecular formula is C18H24FIN4O2S2. The van der Waals surface area contributed by atoms with Crippen molar-refractivity contribution < 1.29 is 12.8 Å². The molecule has 0 saturated heterocycles. The molecule has 0 bridgehead atoms. The fraction of sp³-hybridized carbons (Fsp3) is 0.278. The number of aliphatic imine (C=N–C) groups is 1. The molecule has 2 aromatic rings. The van der Waals surface area contributed by atoms with Gasteiger partial charge in [0.25, 0.3) is 0 Å². The van der Waals surface area contributed by atoms with Crippen LogP contribution in [-0.2, 0) is 16.6 Å². The Balaban J connectivity index is 0.00000392. The van der Waals surface area contributed by atoms with Gasteiger partial charge in [0, 0.05) is 25.0 Å². The number of thioether (sulfide) groups is 1. The minimum Gasteiger partial charge on any atom is -0.356 e.